The first kappa shape index (κ1) is 24.7. The maximum Gasteiger partial charge on any atom is 0.122 e. The van der Waals surface area contributed by atoms with Crippen LogP contribution >= 0.6 is 0 Å². The second-order valence-electron chi connectivity index (χ2n) is 12.9. The van der Waals surface area contributed by atoms with Crippen molar-refractivity contribution in [1.82, 2.24) is 19.4 Å². The van der Waals surface area contributed by atoms with Gasteiger partial charge in [0.15, 0.2) is 0 Å². The third kappa shape index (κ3) is 4.74. The van der Waals surface area contributed by atoms with Crippen LogP contribution in [0.2, 0.25) is 0 Å². The Hall–Kier alpha value is -0.910. The molecule has 1 aromatic rings. The number of rotatable bonds is 2. The van der Waals surface area contributed by atoms with Crippen LogP contribution in [0.15, 0.2) is 12.4 Å². The van der Waals surface area contributed by atoms with E-state index < -0.39 is 0 Å². The van der Waals surface area contributed by atoms with Crippen LogP contribution in [0.4, 0.5) is 0 Å². The number of imidazole rings is 1. The Bertz CT molecular complexity index is 721. The Kier molecular flexibility index (Phi) is 6.75. The molecule has 0 aliphatic carbocycles. The van der Waals surface area contributed by atoms with Crippen LogP contribution in [0, 0.1) is 10.8 Å². The smallest absolute Gasteiger partial charge is 0.122 e. The molecule has 31 heavy (non-hydrogen) atoms. The van der Waals surface area contributed by atoms with Crippen molar-refractivity contribution in [2.45, 2.75) is 118 Å². The van der Waals surface area contributed by atoms with Crippen LogP contribution < -0.4 is 0 Å². The number of hydrogen-bond donors (Lipinski definition) is 0. The van der Waals surface area contributed by atoms with Crippen LogP contribution in [-0.4, -0.2) is 62.3 Å². The number of nitrogens with zero attached hydrogens (tertiary/aromatic N) is 4. The first-order valence-corrected chi connectivity index (χ1v) is 12.3. The van der Waals surface area contributed by atoms with Gasteiger partial charge in [0.1, 0.15) is 5.82 Å². The normalized spacial score (nSPS) is 25.7. The van der Waals surface area contributed by atoms with Crippen molar-refractivity contribution in [3.05, 3.63) is 18.2 Å². The van der Waals surface area contributed by atoms with Gasteiger partial charge < -0.3 is 9.30 Å². The van der Waals surface area contributed by atoms with E-state index in [9.17, 15) is 0 Å². The summed E-state index contributed by atoms with van der Waals surface area (Å²) in [5.74, 6) is 1.20. The lowest BCUT2D eigenvalue weighted by Crippen LogP contribution is -2.61. The second-order valence-corrected chi connectivity index (χ2v) is 12.9. The molecule has 0 aromatic carbocycles. The van der Waals surface area contributed by atoms with Gasteiger partial charge in [-0.2, -0.15) is 0 Å². The molecular weight excluding hydrogens is 384 g/mol. The monoisotopic (exact) mass is 432 g/mol. The van der Waals surface area contributed by atoms with Crippen molar-refractivity contribution in [3.8, 4) is 0 Å². The van der Waals surface area contributed by atoms with Crippen molar-refractivity contribution >= 4 is 0 Å². The van der Waals surface area contributed by atoms with Gasteiger partial charge in [0.2, 0.25) is 0 Å². The fourth-order valence-corrected chi connectivity index (χ4v) is 5.05. The zero-order valence-corrected chi connectivity index (χ0v) is 22.0. The SMILES string of the molecule is CC(C)(C)C(C)(C)N1C2CC[C@@H]1COC2.CC(C)(C)C(C)(C)N1CCn2ccnc2C1. The van der Waals surface area contributed by atoms with Gasteiger partial charge in [-0.1, -0.05) is 41.5 Å². The molecule has 4 heterocycles. The van der Waals surface area contributed by atoms with Crippen molar-refractivity contribution in [1.29, 1.82) is 0 Å². The van der Waals surface area contributed by atoms with Crippen molar-refractivity contribution in [3.63, 3.8) is 0 Å². The summed E-state index contributed by atoms with van der Waals surface area (Å²) in [5.41, 5.74) is 1.07. The molecule has 0 radical (unpaired) electrons. The summed E-state index contributed by atoms with van der Waals surface area (Å²) in [6.45, 7) is 28.5. The molecule has 4 rings (SSSR count). The number of hydrogen-bond acceptors (Lipinski definition) is 4. The van der Waals surface area contributed by atoms with Gasteiger partial charge in [-0.25, -0.2) is 4.98 Å². The fourth-order valence-electron chi connectivity index (χ4n) is 5.05. The summed E-state index contributed by atoms with van der Waals surface area (Å²) in [7, 11) is 0. The molecule has 0 spiro atoms. The van der Waals surface area contributed by atoms with E-state index in [4.69, 9.17) is 4.74 Å². The van der Waals surface area contributed by atoms with E-state index in [0.29, 0.717) is 17.5 Å². The molecule has 0 amide bonds. The minimum atomic E-state index is 0.199. The van der Waals surface area contributed by atoms with E-state index in [1.807, 2.05) is 6.20 Å². The topological polar surface area (TPSA) is 33.5 Å². The Morgan fingerprint density at radius 3 is 1.87 bits per heavy atom. The van der Waals surface area contributed by atoms with E-state index in [1.54, 1.807) is 0 Å². The molecule has 5 nitrogen and oxygen atoms in total. The van der Waals surface area contributed by atoms with Crippen molar-refractivity contribution in [2.75, 3.05) is 19.8 Å². The van der Waals surface area contributed by atoms with Crippen LogP contribution in [0.3, 0.4) is 0 Å². The maximum absolute atomic E-state index is 5.65. The molecule has 5 heteroatoms. The van der Waals surface area contributed by atoms with Crippen LogP contribution in [-0.2, 0) is 17.8 Å². The van der Waals surface area contributed by atoms with Gasteiger partial charge in [0.25, 0.3) is 0 Å². The number of fused-ring (bicyclic) bond motifs is 3. The molecule has 2 bridgehead atoms. The molecule has 178 valence electrons. The summed E-state index contributed by atoms with van der Waals surface area (Å²) in [5, 5.41) is 0. The molecule has 2 saturated heterocycles. The number of aromatic nitrogens is 2. The largest absolute Gasteiger partial charge is 0.378 e. The summed E-state index contributed by atoms with van der Waals surface area (Å²) in [6, 6.07) is 1.33. The predicted octanol–water partition coefficient (Wildman–Crippen LogP) is 5.20. The quantitative estimate of drug-likeness (QED) is 0.643. The Morgan fingerprint density at radius 1 is 0.806 bits per heavy atom. The lowest BCUT2D eigenvalue weighted by atomic mass is 9.74. The summed E-state index contributed by atoms with van der Waals surface area (Å²) < 4.78 is 7.91. The molecule has 0 N–H and O–H groups in total. The van der Waals surface area contributed by atoms with Gasteiger partial charge in [0, 0.05) is 48.6 Å². The van der Waals surface area contributed by atoms with E-state index in [2.05, 4.69) is 94.8 Å². The summed E-state index contributed by atoms with van der Waals surface area (Å²) >= 11 is 0. The highest BCUT2D eigenvalue weighted by Gasteiger charge is 2.49. The highest BCUT2D eigenvalue weighted by atomic mass is 16.5. The molecule has 3 aliphatic rings. The molecule has 3 aliphatic heterocycles. The lowest BCUT2D eigenvalue weighted by Gasteiger charge is -2.52. The zero-order valence-electron chi connectivity index (χ0n) is 22.0. The molecule has 0 saturated carbocycles. The van der Waals surface area contributed by atoms with Gasteiger partial charge in [0.05, 0.1) is 19.8 Å². The van der Waals surface area contributed by atoms with Crippen molar-refractivity contribution in [2.24, 2.45) is 10.8 Å². The van der Waals surface area contributed by atoms with Gasteiger partial charge in [-0.15, -0.1) is 0 Å². The van der Waals surface area contributed by atoms with E-state index in [-0.39, 0.29) is 16.5 Å². The van der Waals surface area contributed by atoms with Gasteiger partial charge in [-0.05, 0) is 51.4 Å². The Morgan fingerprint density at radius 2 is 1.35 bits per heavy atom. The third-order valence-corrected chi connectivity index (χ3v) is 9.09. The maximum atomic E-state index is 5.65. The first-order valence-electron chi connectivity index (χ1n) is 12.3. The summed E-state index contributed by atoms with van der Waals surface area (Å²) in [6.07, 6.45) is 6.63. The predicted molar refractivity (Wildman–Crippen MR) is 129 cm³/mol. The average molecular weight is 433 g/mol. The molecular formula is C26H48N4O. The average Bonchev–Trinajstić information content (AvgIpc) is 3.22. The number of morpholine rings is 1. The first-order chi connectivity index (χ1) is 14.2. The van der Waals surface area contributed by atoms with E-state index in [1.165, 1.54) is 18.7 Å². The molecule has 1 unspecified atom stereocenters. The highest BCUT2D eigenvalue weighted by molar-refractivity contribution is 5.03. The third-order valence-electron chi connectivity index (χ3n) is 9.09. The lowest BCUT2D eigenvalue weighted by molar-refractivity contribution is -0.0958. The van der Waals surface area contributed by atoms with Crippen LogP contribution in [0.1, 0.15) is 87.9 Å². The second kappa shape index (κ2) is 8.46. The Balaban J connectivity index is 0.000000176. The molecule has 2 fully saturated rings. The Labute approximate surface area is 191 Å². The van der Waals surface area contributed by atoms with Gasteiger partial charge >= 0.3 is 0 Å². The molecule has 1 aromatic heterocycles. The highest BCUT2D eigenvalue weighted by Crippen LogP contribution is 2.43. The van der Waals surface area contributed by atoms with Gasteiger partial charge in [-0.3, -0.25) is 9.80 Å². The van der Waals surface area contributed by atoms with Crippen LogP contribution in [0.25, 0.3) is 0 Å². The zero-order chi connectivity index (χ0) is 23.2. The number of ether oxygens (including phenoxy) is 1. The summed E-state index contributed by atoms with van der Waals surface area (Å²) in [4.78, 5) is 9.71. The minimum Gasteiger partial charge on any atom is -0.378 e. The van der Waals surface area contributed by atoms with Crippen LogP contribution in [0.5, 0.6) is 0 Å². The standard InChI is InChI=1S/C13H23N3.C13H25NO/c1-12(2,3)13(4,5)16-9-8-15-7-6-14-11(15)10-16;1-12(2,3)13(4,5)14-10-6-7-11(14)9-15-8-10/h6-7H,8-10H2,1-5H3;10-11H,6-9H2,1-5H3/t;10-,11?/m.1/s1. The van der Waals surface area contributed by atoms with E-state index >= 15 is 0 Å². The fraction of sp³-hybridized carbons (Fsp3) is 0.885. The van der Waals surface area contributed by atoms with E-state index in [0.717, 1.165) is 32.8 Å². The van der Waals surface area contributed by atoms with Crippen molar-refractivity contribution < 1.29 is 4.74 Å². The minimum absolute atomic E-state index is 0.199. The molecule has 2 atom stereocenters.